The van der Waals surface area contributed by atoms with Crippen LogP contribution in [-0.2, 0) is 6.54 Å². The van der Waals surface area contributed by atoms with Crippen molar-refractivity contribution in [3.05, 3.63) is 12.4 Å². The van der Waals surface area contributed by atoms with Crippen LogP contribution in [0.5, 0.6) is 0 Å². The minimum atomic E-state index is -0.385. The van der Waals surface area contributed by atoms with Crippen molar-refractivity contribution in [2.24, 2.45) is 0 Å². The average molecular weight is 279 g/mol. The van der Waals surface area contributed by atoms with Crippen LogP contribution in [0.25, 0.3) is 0 Å². The number of aliphatic hydroxyl groups is 1. The number of rotatable bonds is 4. The first-order valence-electron chi connectivity index (χ1n) is 7.63. The standard InChI is InChI=1S/C14H25N5O/c15-12-7-16-19(8-12)11-14(20)10-17-5-6-18-4-2-1-3-13(18)9-17/h7-8,13-14,20H,1-6,9-11,15H2. The number of nitrogen functional groups attached to an aromatic ring is 1. The monoisotopic (exact) mass is 279 g/mol. The van der Waals surface area contributed by atoms with Gasteiger partial charge in [0.15, 0.2) is 0 Å². The van der Waals surface area contributed by atoms with Crippen LogP contribution in [0.1, 0.15) is 19.3 Å². The number of piperazine rings is 1. The fourth-order valence-corrected chi connectivity index (χ4v) is 3.44. The molecule has 0 aromatic carbocycles. The third kappa shape index (κ3) is 3.31. The highest BCUT2D eigenvalue weighted by molar-refractivity contribution is 5.30. The summed E-state index contributed by atoms with van der Waals surface area (Å²) in [7, 11) is 0. The summed E-state index contributed by atoms with van der Waals surface area (Å²) >= 11 is 0. The van der Waals surface area contributed by atoms with Crippen molar-refractivity contribution in [2.75, 3.05) is 38.5 Å². The van der Waals surface area contributed by atoms with Gasteiger partial charge in [-0.05, 0) is 19.4 Å². The molecular weight excluding hydrogens is 254 g/mol. The molecule has 2 atom stereocenters. The first-order valence-corrected chi connectivity index (χ1v) is 7.63. The van der Waals surface area contributed by atoms with Crippen LogP contribution in [0.15, 0.2) is 12.4 Å². The van der Waals surface area contributed by atoms with Gasteiger partial charge in [0.1, 0.15) is 0 Å². The molecule has 0 saturated carbocycles. The predicted molar refractivity (Wildman–Crippen MR) is 78.3 cm³/mol. The molecule has 112 valence electrons. The van der Waals surface area contributed by atoms with E-state index in [1.807, 2.05) is 0 Å². The van der Waals surface area contributed by atoms with Gasteiger partial charge in [-0.2, -0.15) is 5.10 Å². The van der Waals surface area contributed by atoms with Gasteiger partial charge in [0.2, 0.25) is 0 Å². The van der Waals surface area contributed by atoms with E-state index >= 15 is 0 Å². The van der Waals surface area contributed by atoms with Crippen molar-refractivity contribution in [2.45, 2.75) is 38.0 Å². The Kier molecular flexibility index (Phi) is 4.24. The summed E-state index contributed by atoms with van der Waals surface area (Å²) in [4.78, 5) is 5.00. The van der Waals surface area contributed by atoms with Gasteiger partial charge < -0.3 is 10.8 Å². The number of fused-ring (bicyclic) bond motifs is 1. The van der Waals surface area contributed by atoms with Crippen LogP contribution in [0.2, 0.25) is 0 Å². The van der Waals surface area contributed by atoms with Gasteiger partial charge in [0.25, 0.3) is 0 Å². The van der Waals surface area contributed by atoms with Crippen LogP contribution >= 0.6 is 0 Å². The highest BCUT2D eigenvalue weighted by Crippen LogP contribution is 2.21. The molecule has 2 fully saturated rings. The van der Waals surface area contributed by atoms with Crippen LogP contribution in [0.3, 0.4) is 0 Å². The summed E-state index contributed by atoms with van der Waals surface area (Å²) < 4.78 is 1.72. The van der Waals surface area contributed by atoms with Crippen molar-refractivity contribution < 1.29 is 5.11 Å². The average Bonchev–Trinajstić information content (AvgIpc) is 2.83. The Morgan fingerprint density at radius 1 is 1.30 bits per heavy atom. The number of nitrogens with zero attached hydrogens (tertiary/aromatic N) is 4. The molecule has 1 aromatic heterocycles. The third-order valence-corrected chi connectivity index (χ3v) is 4.44. The van der Waals surface area contributed by atoms with Crippen molar-refractivity contribution in [3.63, 3.8) is 0 Å². The van der Waals surface area contributed by atoms with E-state index in [0.29, 0.717) is 18.3 Å². The molecule has 3 N–H and O–H groups in total. The van der Waals surface area contributed by atoms with Gasteiger partial charge in [-0.15, -0.1) is 0 Å². The number of piperidine rings is 1. The number of hydrogen-bond donors (Lipinski definition) is 2. The Labute approximate surface area is 120 Å². The predicted octanol–water partition coefficient (Wildman–Crippen LogP) is -0.00370. The first kappa shape index (κ1) is 13.9. The Bertz CT molecular complexity index is 435. The van der Waals surface area contributed by atoms with E-state index < -0.39 is 0 Å². The second kappa shape index (κ2) is 6.11. The van der Waals surface area contributed by atoms with Crippen LogP contribution in [0, 0.1) is 0 Å². The van der Waals surface area contributed by atoms with E-state index in [9.17, 15) is 5.11 Å². The fraction of sp³-hybridized carbons (Fsp3) is 0.786. The van der Waals surface area contributed by atoms with Crippen LogP contribution in [-0.4, -0.2) is 69.6 Å². The quantitative estimate of drug-likeness (QED) is 0.811. The molecule has 6 heteroatoms. The van der Waals surface area contributed by atoms with Gasteiger partial charge in [-0.3, -0.25) is 14.5 Å². The number of anilines is 1. The summed E-state index contributed by atoms with van der Waals surface area (Å²) in [6, 6.07) is 0.699. The van der Waals surface area contributed by atoms with Crippen LogP contribution in [0.4, 0.5) is 5.69 Å². The van der Waals surface area contributed by atoms with Gasteiger partial charge >= 0.3 is 0 Å². The molecule has 0 bridgehead atoms. The summed E-state index contributed by atoms with van der Waals surface area (Å²) in [5.74, 6) is 0. The van der Waals surface area contributed by atoms with Gasteiger partial charge in [-0.25, -0.2) is 0 Å². The van der Waals surface area contributed by atoms with E-state index in [1.54, 1.807) is 17.1 Å². The zero-order valence-electron chi connectivity index (χ0n) is 12.0. The molecule has 2 saturated heterocycles. The maximum absolute atomic E-state index is 10.2. The summed E-state index contributed by atoms with van der Waals surface area (Å²) in [5, 5.41) is 14.3. The zero-order valence-corrected chi connectivity index (χ0v) is 12.0. The highest BCUT2D eigenvalue weighted by Gasteiger charge is 2.29. The maximum Gasteiger partial charge on any atom is 0.0862 e. The molecule has 0 aliphatic carbocycles. The summed E-state index contributed by atoms with van der Waals surface area (Å²) in [6.45, 7) is 5.80. The van der Waals surface area contributed by atoms with E-state index in [1.165, 1.54) is 25.8 Å². The Morgan fingerprint density at radius 2 is 2.20 bits per heavy atom. The Balaban J connectivity index is 1.48. The van der Waals surface area contributed by atoms with Crippen molar-refractivity contribution in [1.29, 1.82) is 0 Å². The van der Waals surface area contributed by atoms with Crippen molar-refractivity contribution >= 4 is 5.69 Å². The molecule has 2 unspecified atom stereocenters. The molecule has 2 aliphatic heterocycles. The van der Waals surface area contributed by atoms with E-state index in [-0.39, 0.29) is 6.10 Å². The molecule has 0 amide bonds. The van der Waals surface area contributed by atoms with Crippen molar-refractivity contribution in [1.82, 2.24) is 19.6 Å². The second-order valence-electron chi connectivity index (χ2n) is 6.09. The van der Waals surface area contributed by atoms with Crippen LogP contribution < -0.4 is 5.73 Å². The lowest BCUT2D eigenvalue weighted by Gasteiger charge is -2.44. The summed E-state index contributed by atoms with van der Waals surface area (Å²) in [5.41, 5.74) is 6.28. The molecule has 3 rings (SSSR count). The molecule has 0 spiro atoms. The maximum atomic E-state index is 10.2. The molecule has 1 aromatic rings. The van der Waals surface area contributed by atoms with Gasteiger partial charge in [0.05, 0.1) is 24.5 Å². The smallest absolute Gasteiger partial charge is 0.0862 e. The normalized spacial score (nSPS) is 26.4. The lowest BCUT2D eigenvalue weighted by atomic mass is 9.99. The number of β-amino-alcohol motifs (C(OH)–C–C–N with tert-alkyl or cyclic N) is 1. The molecule has 6 nitrogen and oxygen atoms in total. The lowest BCUT2D eigenvalue weighted by Crippen LogP contribution is -2.56. The number of hydrogen-bond acceptors (Lipinski definition) is 5. The first-order chi connectivity index (χ1) is 9.70. The minimum absolute atomic E-state index is 0.385. The molecule has 3 heterocycles. The SMILES string of the molecule is Nc1cnn(CC(O)CN2CCN3CCCCC3C2)c1. The van der Waals surface area contributed by atoms with E-state index in [2.05, 4.69) is 14.9 Å². The number of aliphatic hydroxyl groups excluding tert-OH is 1. The third-order valence-electron chi connectivity index (χ3n) is 4.44. The highest BCUT2D eigenvalue weighted by atomic mass is 16.3. The fourth-order valence-electron chi connectivity index (χ4n) is 3.44. The van der Waals surface area contributed by atoms with Crippen molar-refractivity contribution in [3.8, 4) is 0 Å². The summed E-state index contributed by atoms with van der Waals surface area (Å²) in [6.07, 6.45) is 7.01. The molecule has 0 radical (unpaired) electrons. The van der Waals surface area contributed by atoms with Gasteiger partial charge in [0, 0.05) is 38.4 Å². The number of nitrogens with two attached hydrogens (primary N) is 1. The molecule has 20 heavy (non-hydrogen) atoms. The minimum Gasteiger partial charge on any atom is -0.396 e. The largest absolute Gasteiger partial charge is 0.396 e. The zero-order chi connectivity index (χ0) is 13.9. The lowest BCUT2D eigenvalue weighted by molar-refractivity contribution is 0.0193. The van der Waals surface area contributed by atoms with E-state index in [0.717, 1.165) is 26.2 Å². The Morgan fingerprint density at radius 3 is 3.00 bits per heavy atom. The second-order valence-corrected chi connectivity index (χ2v) is 6.09. The molecule has 2 aliphatic rings. The number of aromatic nitrogens is 2. The molecular formula is C14H25N5O. The van der Waals surface area contributed by atoms with E-state index in [4.69, 9.17) is 5.73 Å². The van der Waals surface area contributed by atoms with Gasteiger partial charge in [-0.1, -0.05) is 6.42 Å². The Hall–Kier alpha value is -1.11. The topological polar surface area (TPSA) is 70.5 Å².